The maximum Gasteiger partial charge on any atom is 0.286 e. The third-order valence-electron chi connectivity index (χ3n) is 6.57. The second-order valence-corrected chi connectivity index (χ2v) is 8.43. The molecule has 0 aromatic carbocycles. The zero-order valence-electron chi connectivity index (χ0n) is 16.8. The summed E-state index contributed by atoms with van der Waals surface area (Å²) in [4.78, 5) is 12.9. The number of hydrogen-bond donors (Lipinski definition) is 2. The third kappa shape index (κ3) is 5.47. The lowest BCUT2D eigenvalue weighted by Gasteiger charge is -2.41. The summed E-state index contributed by atoms with van der Waals surface area (Å²) in [5, 5.41) is 12.5. The Bertz CT molecular complexity index is 495. The lowest BCUT2D eigenvalue weighted by molar-refractivity contribution is -0.177. The monoisotopic (exact) mass is 379 g/mol. The summed E-state index contributed by atoms with van der Waals surface area (Å²) in [5.74, 6) is 1.47. The largest absolute Gasteiger partial charge is 0.459 e. The van der Waals surface area contributed by atoms with Gasteiger partial charge in [0.1, 0.15) is 0 Å². The van der Waals surface area contributed by atoms with Gasteiger partial charge in [-0.05, 0) is 63.4 Å². The van der Waals surface area contributed by atoms with Gasteiger partial charge in [0.05, 0.1) is 0 Å². The molecular weight excluding hydrogens is 342 g/mol. The van der Waals surface area contributed by atoms with E-state index in [1.165, 1.54) is 44.9 Å². The molecule has 0 unspecified atom stereocenters. The summed E-state index contributed by atoms with van der Waals surface area (Å²) in [6.45, 7) is 2.72. The molecule has 1 amide bonds. The first-order chi connectivity index (χ1) is 13.2. The van der Waals surface area contributed by atoms with Gasteiger partial charge in [0.2, 0.25) is 6.29 Å². The lowest BCUT2D eigenvalue weighted by atomic mass is 9.71. The van der Waals surface area contributed by atoms with Crippen LogP contribution >= 0.6 is 0 Å². The molecule has 3 atom stereocenters. The van der Waals surface area contributed by atoms with Gasteiger partial charge < -0.3 is 19.9 Å². The van der Waals surface area contributed by atoms with Crippen LogP contribution in [0.1, 0.15) is 77.6 Å². The van der Waals surface area contributed by atoms with E-state index in [9.17, 15) is 9.90 Å². The average molecular weight is 380 g/mol. The first kappa shape index (κ1) is 20.7. The zero-order chi connectivity index (χ0) is 19.1. The predicted molar refractivity (Wildman–Crippen MR) is 105 cm³/mol. The summed E-state index contributed by atoms with van der Waals surface area (Å²) in [6, 6.07) is 0.285. The van der Waals surface area contributed by atoms with Crippen LogP contribution < -0.4 is 5.32 Å². The van der Waals surface area contributed by atoms with Gasteiger partial charge in [-0.25, -0.2) is 0 Å². The SMILES string of the molecule is CCO[C@@H]1OC(C(=O)NC2CCCC2)=C[C@H](C2CCCCC2)[C@H]1CCCO. The van der Waals surface area contributed by atoms with E-state index in [2.05, 4.69) is 11.4 Å². The molecule has 3 rings (SSSR count). The first-order valence-electron chi connectivity index (χ1n) is 11.1. The highest BCUT2D eigenvalue weighted by Crippen LogP contribution is 2.42. The molecule has 5 nitrogen and oxygen atoms in total. The molecule has 27 heavy (non-hydrogen) atoms. The number of aliphatic hydroxyl groups is 1. The van der Waals surface area contributed by atoms with Gasteiger partial charge in [-0.3, -0.25) is 4.79 Å². The molecule has 154 valence electrons. The number of carbonyl (C=O) groups is 1. The minimum absolute atomic E-state index is 0.0759. The van der Waals surface area contributed by atoms with Crippen LogP contribution in [-0.2, 0) is 14.3 Å². The van der Waals surface area contributed by atoms with Gasteiger partial charge >= 0.3 is 0 Å². The molecule has 2 fully saturated rings. The van der Waals surface area contributed by atoms with Crippen molar-refractivity contribution >= 4 is 5.91 Å². The summed E-state index contributed by atoms with van der Waals surface area (Å²) >= 11 is 0. The number of rotatable bonds is 8. The fraction of sp³-hybridized carbons (Fsp3) is 0.864. The van der Waals surface area contributed by atoms with Crippen molar-refractivity contribution in [3.05, 3.63) is 11.8 Å². The summed E-state index contributed by atoms with van der Waals surface area (Å²) < 4.78 is 12.0. The van der Waals surface area contributed by atoms with Crippen LogP contribution in [0.15, 0.2) is 11.8 Å². The topological polar surface area (TPSA) is 67.8 Å². The quantitative estimate of drug-likeness (QED) is 0.671. The Balaban J connectivity index is 1.78. The zero-order valence-corrected chi connectivity index (χ0v) is 16.8. The second-order valence-electron chi connectivity index (χ2n) is 8.43. The minimum Gasteiger partial charge on any atom is -0.459 e. The molecule has 0 aromatic rings. The van der Waals surface area contributed by atoms with Crippen LogP contribution in [0.4, 0.5) is 0 Å². The van der Waals surface area contributed by atoms with Gasteiger partial charge in [0.15, 0.2) is 5.76 Å². The molecule has 1 heterocycles. The molecule has 3 aliphatic rings. The summed E-state index contributed by atoms with van der Waals surface area (Å²) in [7, 11) is 0. The Hall–Kier alpha value is -1.07. The molecule has 0 saturated heterocycles. The second kappa shape index (κ2) is 10.5. The van der Waals surface area contributed by atoms with E-state index in [1.807, 2.05) is 6.92 Å². The van der Waals surface area contributed by atoms with Crippen molar-refractivity contribution in [1.82, 2.24) is 5.32 Å². The third-order valence-corrected chi connectivity index (χ3v) is 6.57. The molecule has 2 aliphatic carbocycles. The van der Waals surface area contributed by atoms with Crippen LogP contribution in [0, 0.1) is 17.8 Å². The lowest BCUT2D eigenvalue weighted by Crippen LogP contribution is -2.43. The van der Waals surface area contributed by atoms with Crippen molar-refractivity contribution in [2.45, 2.75) is 89.9 Å². The Morgan fingerprint density at radius 1 is 1.19 bits per heavy atom. The van der Waals surface area contributed by atoms with Gasteiger partial charge in [-0.15, -0.1) is 0 Å². The highest BCUT2D eigenvalue weighted by molar-refractivity contribution is 5.91. The normalized spacial score (nSPS) is 30.0. The summed E-state index contributed by atoms with van der Waals surface area (Å²) in [6.07, 6.45) is 14.1. The van der Waals surface area contributed by atoms with Gasteiger partial charge in [-0.2, -0.15) is 0 Å². The Kier molecular flexibility index (Phi) is 8.01. The van der Waals surface area contributed by atoms with Crippen molar-refractivity contribution < 1.29 is 19.4 Å². The summed E-state index contributed by atoms with van der Waals surface area (Å²) in [5.41, 5.74) is 0. The Labute approximate surface area is 163 Å². The van der Waals surface area contributed by atoms with E-state index in [0.29, 0.717) is 24.2 Å². The molecule has 0 aromatic heterocycles. The predicted octanol–water partition coefficient (Wildman–Crippen LogP) is 3.91. The van der Waals surface area contributed by atoms with E-state index in [4.69, 9.17) is 9.47 Å². The van der Waals surface area contributed by atoms with Crippen molar-refractivity contribution in [1.29, 1.82) is 0 Å². The molecule has 2 N–H and O–H groups in total. The average Bonchev–Trinajstić information content (AvgIpc) is 3.20. The number of carbonyl (C=O) groups excluding carboxylic acids is 1. The Morgan fingerprint density at radius 2 is 1.89 bits per heavy atom. The van der Waals surface area contributed by atoms with E-state index in [0.717, 1.165) is 25.7 Å². The molecule has 5 heteroatoms. The standard InChI is InChI=1S/C22H37NO4/c1-2-26-22-18(13-8-14-24)19(16-9-4-3-5-10-16)15-20(27-22)21(25)23-17-11-6-7-12-17/h15-19,22,24H,2-14H2,1H3,(H,23,25)/t18-,19-,22-/m1/s1. The molecule has 0 radical (unpaired) electrons. The molecule has 2 saturated carbocycles. The molecule has 0 spiro atoms. The fourth-order valence-electron chi connectivity index (χ4n) is 5.17. The van der Waals surface area contributed by atoms with Crippen LogP contribution in [-0.4, -0.2) is 36.6 Å². The number of ether oxygens (including phenoxy) is 2. The number of hydrogen-bond acceptors (Lipinski definition) is 4. The molecular formula is C22H37NO4. The maximum absolute atomic E-state index is 12.9. The van der Waals surface area contributed by atoms with Crippen molar-refractivity contribution in [3.8, 4) is 0 Å². The highest BCUT2D eigenvalue weighted by Gasteiger charge is 2.41. The van der Waals surface area contributed by atoms with Crippen LogP contribution in [0.25, 0.3) is 0 Å². The van der Waals surface area contributed by atoms with Crippen molar-refractivity contribution in [3.63, 3.8) is 0 Å². The van der Waals surface area contributed by atoms with Gasteiger partial charge in [0.25, 0.3) is 5.91 Å². The van der Waals surface area contributed by atoms with Crippen LogP contribution in [0.5, 0.6) is 0 Å². The smallest absolute Gasteiger partial charge is 0.286 e. The van der Waals surface area contributed by atoms with E-state index >= 15 is 0 Å². The Morgan fingerprint density at radius 3 is 2.56 bits per heavy atom. The van der Waals surface area contributed by atoms with Crippen LogP contribution in [0.2, 0.25) is 0 Å². The first-order valence-corrected chi connectivity index (χ1v) is 11.1. The number of aliphatic hydroxyl groups excluding tert-OH is 1. The van der Waals surface area contributed by atoms with E-state index in [1.54, 1.807) is 0 Å². The number of amides is 1. The number of nitrogens with one attached hydrogen (secondary N) is 1. The molecule has 1 aliphatic heterocycles. The van der Waals surface area contributed by atoms with E-state index < -0.39 is 0 Å². The maximum atomic E-state index is 12.9. The fourth-order valence-corrected chi connectivity index (χ4v) is 5.17. The van der Waals surface area contributed by atoms with Gasteiger partial charge in [-0.1, -0.05) is 32.1 Å². The van der Waals surface area contributed by atoms with E-state index in [-0.39, 0.29) is 30.8 Å². The van der Waals surface area contributed by atoms with Crippen LogP contribution in [0.3, 0.4) is 0 Å². The van der Waals surface area contributed by atoms with Gasteiger partial charge in [0, 0.05) is 25.2 Å². The number of allylic oxidation sites excluding steroid dienone is 1. The minimum atomic E-state index is -0.386. The van der Waals surface area contributed by atoms with Crippen molar-refractivity contribution in [2.24, 2.45) is 17.8 Å². The highest BCUT2D eigenvalue weighted by atomic mass is 16.7. The molecule has 0 bridgehead atoms. The van der Waals surface area contributed by atoms with Crippen molar-refractivity contribution in [2.75, 3.05) is 13.2 Å².